The molecular formula is C15H16N10O7. The third-order valence-corrected chi connectivity index (χ3v) is 3.96. The van der Waals surface area contributed by atoms with Crippen molar-refractivity contribution in [2.24, 2.45) is 0 Å². The van der Waals surface area contributed by atoms with Gasteiger partial charge in [0.05, 0.1) is 34.2 Å². The number of aryl methyl sites for hydroxylation is 1. The molecule has 3 rings (SSSR count). The minimum Gasteiger partial charge on any atom is -0.358 e. The largest absolute Gasteiger partial charge is 0.390 e. The monoisotopic (exact) mass is 448 g/mol. The van der Waals surface area contributed by atoms with Gasteiger partial charge in [-0.1, -0.05) is 5.16 Å². The number of hydrogen-bond acceptors (Lipinski definition) is 11. The smallest absolute Gasteiger partial charge is 0.358 e. The zero-order valence-corrected chi connectivity index (χ0v) is 16.5. The van der Waals surface area contributed by atoms with E-state index in [2.05, 4.69) is 31.0 Å². The number of nitrogens with zero attached hydrogens (tertiary/aromatic N) is 8. The normalized spacial score (nSPS) is 10.7. The van der Waals surface area contributed by atoms with Crippen LogP contribution in [0.2, 0.25) is 0 Å². The molecule has 168 valence electrons. The summed E-state index contributed by atoms with van der Waals surface area (Å²) in [7, 11) is 0. The lowest BCUT2D eigenvalue weighted by Crippen LogP contribution is -2.36. The number of aromatic nitrogens is 6. The summed E-state index contributed by atoms with van der Waals surface area (Å²) in [5.74, 6) is -2.06. The van der Waals surface area contributed by atoms with Crippen LogP contribution in [0.5, 0.6) is 0 Å². The quantitative estimate of drug-likeness (QED) is 0.222. The second-order valence-corrected chi connectivity index (χ2v) is 6.31. The fourth-order valence-corrected chi connectivity index (χ4v) is 2.48. The molecule has 0 aliphatic carbocycles. The van der Waals surface area contributed by atoms with Crippen LogP contribution >= 0.6 is 0 Å². The molecule has 0 saturated heterocycles. The Morgan fingerprint density at radius 3 is 2.50 bits per heavy atom. The molecular weight excluding hydrogens is 432 g/mol. The summed E-state index contributed by atoms with van der Waals surface area (Å²) >= 11 is 0. The number of nitro groups is 2. The molecule has 0 radical (unpaired) electrons. The van der Waals surface area contributed by atoms with Gasteiger partial charge in [0.2, 0.25) is 5.91 Å². The molecule has 0 bridgehead atoms. The number of rotatable bonds is 10. The summed E-state index contributed by atoms with van der Waals surface area (Å²) in [5, 5.41) is 37.4. The van der Waals surface area contributed by atoms with E-state index in [0.717, 1.165) is 0 Å². The van der Waals surface area contributed by atoms with Gasteiger partial charge in [-0.25, -0.2) is 0 Å². The maximum atomic E-state index is 12.0. The van der Waals surface area contributed by atoms with Crippen molar-refractivity contribution in [2.75, 3.05) is 13.1 Å². The van der Waals surface area contributed by atoms with E-state index in [9.17, 15) is 29.8 Å². The van der Waals surface area contributed by atoms with Crippen molar-refractivity contribution in [1.29, 1.82) is 0 Å². The lowest BCUT2D eigenvalue weighted by atomic mass is 10.4. The molecule has 32 heavy (non-hydrogen) atoms. The van der Waals surface area contributed by atoms with Crippen LogP contribution in [0.15, 0.2) is 22.9 Å². The van der Waals surface area contributed by atoms with Crippen LogP contribution in [0, 0.1) is 27.2 Å². The fourth-order valence-electron chi connectivity index (χ4n) is 2.48. The van der Waals surface area contributed by atoms with Gasteiger partial charge in [0.1, 0.15) is 13.1 Å². The summed E-state index contributed by atoms with van der Waals surface area (Å²) in [6.07, 6.45) is 1.36. The molecule has 0 aliphatic rings. The van der Waals surface area contributed by atoms with Gasteiger partial charge in [0.15, 0.2) is 5.82 Å². The molecule has 0 spiro atoms. The van der Waals surface area contributed by atoms with Crippen molar-refractivity contribution in [1.82, 2.24) is 40.3 Å². The van der Waals surface area contributed by atoms with E-state index in [4.69, 9.17) is 4.52 Å². The van der Waals surface area contributed by atoms with E-state index in [1.165, 1.54) is 27.7 Å². The van der Waals surface area contributed by atoms with E-state index < -0.39 is 21.7 Å². The SMILES string of the molecule is Cc1cc([N+](=O)[O-])nn1CC(=O)NCCNC(=O)c1nc(Cn2ccc([N+](=O)[O-])n2)no1. The van der Waals surface area contributed by atoms with Crippen molar-refractivity contribution < 1.29 is 24.0 Å². The molecule has 3 aromatic rings. The van der Waals surface area contributed by atoms with Crippen molar-refractivity contribution in [3.8, 4) is 0 Å². The predicted octanol–water partition coefficient (Wildman–Crippen LogP) is -0.818. The van der Waals surface area contributed by atoms with Gasteiger partial charge in [-0.3, -0.25) is 9.59 Å². The Morgan fingerprint density at radius 1 is 1.12 bits per heavy atom. The number of amides is 2. The topological polar surface area (TPSA) is 219 Å². The van der Waals surface area contributed by atoms with Gasteiger partial charge in [-0.05, 0) is 16.8 Å². The van der Waals surface area contributed by atoms with Crippen LogP contribution < -0.4 is 10.6 Å². The predicted molar refractivity (Wildman–Crippen MR) is 101 cm³/mol. The van der Waals surface area contributed by atoms with Gasteiger partial charge in [0.25, 0.3) is 0 Å². The second-order valence-electron chi connectivity index (χ2n) is 6.31. The van der Waals surface area contributed by atoms with E-state index in [-0.39, 0.29) is 49.5 Å². The van der Waals surface area contributed by atoms with Crippen molar-refractivity contribution in [2.45, 2.75) is 20.0 Å². The van der Waals surface area contributed by atoms with Gasteiger partial charge in [0, 0.05) is 13.1 Å². The Balaban J connectivity index is 1.41. The molecule has 0 aliphatic heterocycles. The molecule has 17 heteroatoms. The van der Waals surface area contributed by atoms with E-state index in [1.54, 1.807) is 6.92 Å². The van der Waals surface area contributed by atoms with E-state index in [1.807, 2.05) is 0 Å². The Bertz CT molecular complexity index is 1160. The summed E-state index contributed by atoms with van der Waals surface area (Å²) in [6.45, 7) is 1.45. The lowest BCUT2D eigenvalue weighted by Gasteiger charge is -2.05. The Hall–Kier alpha value is -4.70. The first-order valence-electron chi connectivity index (χ1n) is 8.97. The second kappa shape index (κ2) is 9.41. The molecule has 2 N–H and O–H groups in total. The van der Waals surface area contributed by atoms with Crippen molar-refractivity contribution >= 4 is 23.5 Å². The summed E-state index contributed by atoms with van der Waals surface area (Å²) in [6, 6.07) is 2.46. The van der Waals surface area contributed by atoms with Gasteiger partial charge >= 0.3 is 23.4 Å². The first-order valence-corrected chi connectivity index (χ1v) is 8.97. The fraction of sp³-hybridized carbons (Fsp3) is 0.333. The summed E-state index contributed by atoms with van der Waals surface area (Å²) < 4.78 is 7.26. The zero-order valence-electron chi connectivity index (χ0n) is 16.5. The van der Waals surface area contributed by atoms with Gasteiger partial charge in [-0.2, -0.15) is 14.3 Å². The lowest BCUT2D eigenvalue weighted by molar-refractivity contribution is -0.390. The van der Waals surface area contributed by atoms with Crippen LogP contribution in [0.25, 0.3) is 0 Å². The molecule has 0 fully saturated rings. The number of carbonyl (C=O) groups excluding carboxylic acids is 2. The molecule has 0 saturated carbocycles. The highest BCUT2D eigenvalue weighted by molar-refractivity contribution is 5.89. The highest BCUT2D eigenvalue weighted by Crippen LogP contribution is 2.10. The number of hydrogen-bond donors (Lipinski definition) is 2. The van der Waals surface area contributed by atoms with Crippen LogP contribution in [0.1, 0.15) is 22.2 Å². The van der Waals surface area contributed by atoms with E-state index >= 15 is 0 Å². The molecule has 3 aromatic heterocycles. The van der Waals surface area contributed by atoms with Crippen molar-refractivity contribution in [3.63, 3.8) is 0 Å². The van der Waals surface area contributed by atoms with Crippen LogP contribution in [0.3, 0.4) is 0 Å². The number of carbonyl (C=O) groups is 2. The third kappa shape index (κ3) is 5.46. The highest BCUT2D eigenvalue weighted by atomic mass is 16.6. The Kier molecular flexibility index (Phi) is 6.47. The third-order valence-electron chi connectivity index (χ3n) is 3.96. The molecule has 2 amide bonds. The summed E-state index contributed by atoms with van der Waals surface area (Å²) in [5.41, 5.74) is 0.456. The van der Waals surface area contributed by atoms with Gasteiger partial charge in [-0.15, -0.1) is 0 Å². The summed E-state index contributed by atoms with van der Waals surface area (Å²) in [4.78, 5) is 47.9. The first kappa shape index (κ1) is 22.0. The first-order chi connectivity index (χ1) is 15.2. The Morgan fingerprint density at radius 2 is 1.84 bits per heavy atom. The standard InChI is InChI=1S/C15H16N10O7/c1-9-6-12(25(30)31)20-23(9)8-13(26)16-3-4-17-14(27)15-18-10(21-32-15)7-22-5-2-11(19-22)24(28)29/h2,5-6H,3-4,7-8H2,1H3,(H,16,26)(H,17,27). The minimum atomic E-state index is -0.678. The zero-order chi connectivity index (χ0) is 23.3. The Labute approximate surface area is 177 Å². The minimum absolute atomic E-state index is 0.0360. The highest BCUT2D eigenvalue weighted by Gasteiger charge is 2.19. The van der Waals surface area contributed by atoms with Crippen LogP contribution in [-0.2, 0) is 17.9 Å². The molecule has 0 aromatic carbocycles. The maximum absolute atomic E-state index is 12.0. The average molecular weight is 448 g/mol. The molecule has 17 nitrogen and oxygen atoms in total. The average Bonchev–Trinajstić information content (AvgIpc) is 3.46. The van der Waals surface area contributed by atoms with E-state index in [0.29, 0.717) is 5.69 Å². The molecule has 3 heterocycles. The molecule has 0 unspecified atom stereocenters. The van der Waals surface area contributed by atoms with Crippen LogP contribution in [-0.4, -0.2) is 64.5 Å². The van der Waals surface area contributed by atoms with Crippen molar-refractivity contribution in [3.05, 3.63) is 56.0 Å². The maximum Gasteiger partial charge on any atom is 0.390 e. The van der Waals surface area contributed by atoms with Gasteiger partial charge < -0.3 is 35.4 Å². The van der Waals surface area contributed by atoms with Crippen LogP contribution in [0.4, 0.5) is 11.6 Å². The number of nitrogens with one attached hydrogen (secondary N) is 2. The molecule has 0 atom stereocenters.